The smallest absolute Gasteiger partial charge is 0.123 e. The highest BCUT2D eigenvalue weighted by Crippen LogP contribution is 2.34. The van der Waals surface area contributed by atoms with Crippen LogP contribution >= 0.6 is 31.9 Å². The number of benzene rings is 1. The summed E-state index contributed by atoms with van der Waals surface area (Å²) >= 11 is 7.09. The van der Waals surface area contributed by atoms with Crippen molar-refractivity contribution in [1.82, 2.24) is 15.1 Å². The molecule has 1 heterocycles. The zero-order valence-electron chi connectivity index (χ0n) is 12.2. The molecular weight excluding hydrogens is 401 g/mol. The summed E-state index contributed by atoms with van der Waals surface area (Å²) in [6.07, 6.45) is 1.78. The molecule has 0 fully saturated rings. The molecule has 21 heavy (non-hydrogen) atoms. The zero-order valence-corrected chi connectivity index (χ0v) is 15.4. The average Bonchev–Trinajstić information content (AvgIpc) is 2.81. The third-order valence-corrected chi connectivity index (χ3v) is 4.56. The highest BCUT2D eigenvalue weighted by atomic mass is 79.9. The second-order valence-electron chi connectivity index (χ2n) is 5.07. The summed E-state index contributed by atoms with van der Waals surface area (Å²) in [7, 11) is 0. The van der Waals surface area contributed by atoms with Crippen molar-refractivity contribution >= 4 is 31.9 Å². The molecule has 3 nitrogen and oxygen atoms in total. The number of aromatic nitrogens is 2. The van der Waals surface area contributed by atoms with Gasteiger partial charge in [-0.05, 0) is 60.1 Å². The summed E-state index contributed by atoms with van der Waals surface area (Å²) in [5.41, 5.74) is 1.86. The highest BCUT2D eigenvalue weighted by molar-refractivity contribution is 9.10. The quantitative estimate of drug-likeness (QED) is 0.753. The summed E-state index contributed by atoms with van der Waals surface area (Å²) in [5.74, 6) is -0.247. The standard InChI is InChI=1S/C15H18Br2FN3/c1-4-19-14(11-7-10(18)5-6-12(11)16)15-13(17)8-20-21(15)9(2)3/h5-9,14,19H,4H2,1-3H3. The maximum Gasteiger partial charge on any atom is 0.123 e. The maximum absolute atomic E-state index is 13.7. The molecule has 1 unspecified atom stereocenters. The molecule has 0 saturated carbocycles. The van der Waals surface area contributed by atoms with Gasteiger partial charge < -0.3 is 5.32 Å². The lowest BCUT2D eigenvalue weighted by atomic mass is 10.0. The van der Waals surface area contributed by atoms with Gasteiger partial charge in [0.15, 0.2) is 0 Å². The van der Waals surface area contributed by atoms with Crippen molar-refractivity contribution in [2.45, 2.75) is 32.9 Å². The molecule has 0 saturated heterocycles. The molecule has 0 radical (unpaired) electrons. The second kappa shape index (κ2) is 7.03. The third-order valence-electron chi connectivity index (χ3n) is 3.23. The van der Waals surface area contributed by atoms with Crippen LogP contribution < -0.4 is 5.32 Å². The zero-order chi connectivity index (χ0) is 15.6. The predicted octanol–water partition coefficient (Wildman–Crippen LogP) is 4.83. The van der Waals surface area contributed by atoms with E-state index in [9.17, 15) is 4.39 Å². The Balaban J connectivity index is 2.59. The Labute approximate surface area is 141 Å². The van der Waals surface area contributed by atoms with Crippen LogP contribution in [0.15, 0.2) is 33.3 Å². The second-order valence-corrected chi connectivity index (χ2v) is 6.78. The molecule has 2 rings (SSSR count). The number of halogens is 3. The lowest BCUT2D eigenvalue weighted by Gasteiger charge is -2.23. The molecule has 114 valence electrons. The van der Waals surface area contributed by atoms with Crippen LogP contribution in [0, 0.1) is 5.82 Å². The topological polar surface area (TPSA) is 29.9 Å². The number of nitrogens with one attached hydrogen (secondary N) is 1. The van der Waals surface area contributed by atoms with E-state index in [2.05, 4.69) is 56.1 Å². The fourth-order valence-electron chi connectivity index (χ4n) is 2.33. The molecule has 1 N–H and O–H groups in total. The SMILES string of the molecule is CCNC(c1cc(F)ccc1Br)c1c(Br)cnn1C(C)C. The Morgan fingerprint density at radius 3 is 2.62 bits per heavy atom. The van der Waals surface area contributed by atoms with Gasteiger partial charge in [-0.3, -0.25) is 4.68 Å². The van der Waals surface area contributed by atoms with E-state index in [4.69, 9.17) is 0 Å². The largest absolute Gasteiger partial charge is 0.305 e. The van der Waals surface area contributed by atoms with Crippen LogP contribution in [0.1, 0.15) is 44.1 Å². The van der Waals surface area contributed by atoms with E-state index in [0.717, 1.165) is 26.7 Å². The van der Waals surface area contributed by atoms with Gasteiger partial charge in [-0.1, -0.05) is 22.9 Å². The van der Waals surface area contributed by atoms with E-state index in [0.29, 0.717) is 0 Å². The van der Waals surface area contributed by atoms with E-state index in [-0.39, 0.29) is 17.9 Å². The molecule has 0 bridgehead atoms. The van der Waals surface area contributed by atoms with Gasteiger partial charge in [-0.25, -0.2) is 4.39 Å². The van der Waals surface area contributed by atoms with Crippen LogP contribution in [0.25, 0.3) is 0 Å². The minimum Gasteiger partial charge on any atom is -0.305 e. The first-order valence-electron chi connectivity index (χ1n) is 6.87. The van der Waals surface area contributed by atoms with Gasteiger partial charge in [-0.15, -0.1) is 0 Å². The fraction of sp³-hybridized carbons (Fsp3) is 0.400. The number of hydrogen-bond acceptors (Lipinski definition) is 2. The van der Waals surface area contributed by atoms with Gasteiger partial charge in [-0.2, -0.15) is 5.10 Å². The van der Waals surface area contributed by atoms with Crippen molar-refractivity contribution in [1.29, 1.82) is 0 Å². The molecular formula is C15H18Br2FN3. The van der Waals surface area contributed by atoms with Crippen molar-refractivity contribution in [3.05, 3.63) is 50.4 Å². The maximum atomic E-state index is 13.7. The van der Waals surface area contributed by atoms with Crippen LogP contribution in [0.4, 0.5) is 4.39 Å². The van der Waals surface area contributed by atoms with Gasteiger partial charge in [0, 0.05) is 10.5 Å². The summed E-state index contributed by atoms with van der Waals surface area (Å²) in [4.78, 5) is 0. The Bertz CT molecular complexity index is 625. The van der Waals surface area contributed by atoms with Gasteiger partial charge in [0.2, 0.25) is 0 Å². The Morgan fingerprint density at radius 2 is 2.00 bits per heavy atom. The summed E-state index contributed by atoms with van der Waals surface area (Å²) in [5, 5.41) is 7.83. The predicted molar refractivity (Wildman–Crippen MR) is 89.9 cm³/mol. The van der Waals surface area contributed by atoms with Gasteiger partial charge in [0.05, 0.1) is 22.4 Å². The van der Waals surface area contributed by atoms with Gasteiger partial charge in [0.25, 0.3) is 0 Å². The van der Waals surface area contributed by atoms with E-state index >= 15 is 0 Å². The molecule has 1 aromatic heterocycles. The molecule has 2 aromatic rings. The first-order chi connectivity index (χ1) is 9.95. The summed E-state index contributed by atoms with van der Waals surface area (Å²) in [6.45, 7) is 6.95. The highest BCUT2D eigenvalue weighted by Gasteiger charge is 2.24. The first kappa shape index (κ1) is 16.6. The molecule has 0 aliphatic rings. The van der Waals surface area contributed by atoms with Crippen molar-refractivity contribution in [3.63, 3.8) is 0 Å². The van der Waals surface area contributed by atoms with E-state index in [1.807, 2.05) is 11.6 Å². The fourth-order valence-corrected chi connectivity index (χ4v) is 3.30. The van der Waals surface area contributed by atoms with Crippen LogP contribution in [-0.2, 0) is 0 Å². The molecule has 1 atom stereocenters. The molecule has 0 aliphatic heterocycles. The Hall–Kier alpha value is -0.720. The van der Waals surface area contributed by atoms with E-state index in [1.54, 1.807) is 18.3 Å². The number of rotatable bonds is 5. The van der Waals surface area contributed by atoms with Crippen molar-refractivity contribution in [2.24, 2.45) is 0 Å². The molecule has 1 aromatic carbocycles. The lowest BCUT2D eigenvalue weighted by Crippen LogP contribution is -2.26. The lowest BCUT2D eigenvalue weighted by molar-refractivity contribution is 0.473. The van der Waals surface area contributed by atoms with E-state index in [1.165, 1.54) is 6.07 Å². The minimum atomic E-state index is -0.247. The molecule has 0 amide bonds. The third kappa shape index (κ3) is 3.55. The van der Waals surface area contributed by atoms with Crippen molar-refractivity contribution in [2.75, 3.05) is 6.54 Å². The number of nitrogens with zero attached hydrogens (tertiary/aromatic N) is 2. The van der Waals surface area contributed by atoms with Crippen LogP contribution in [0.3, 0.4) is 0 Å². The Morgan fingerprint density at radius 1 is 1.29 bits per heavy atom. The molecule has 6 heteroatoms. The van der Waals surface area contributed by atoms with E-state index < -0.39 is 0 Å². The normalized spacial score (nSPS) is 12.9. The Kier molecular flexibility index (Phi) is 5.57. The summed E-state index contributed by atoms with van der Waals surface area (Å²) in [6, 6.07) is 4.82. The number of hydrogen-bond donors (Lipinski definition) is 1. The van der Waals surface area contributed by atoms with Crippen LogP contribution in [-0.4, -0.2) is 16.3 Å². The minimum absolute atomic E-state index is 0.139. The van der Waals surface area contributed by atoms with Gasteiger partial charge in [0.1, 0.15) is 5.82 Å². The van der Waals surface area contributed by atoms with Crippen molar-refractivity contribution in [3.8, 4) is 0 Å². The van der Waals surface area contributed by atoms with Crippen LogP contribution in [0.2, 0.25) is 0 Å². The van der Waals surface area contributed by atoms with Gasteiger partial charge >= 0.3 is 0 Å². The summed E-state index contributed by atoms with van der Waals surface area (Å²) < 4.78 is 17.4. The van der Waals surface area contributed by atoms with Crippen LogP contribution in [0.5, 0.6) is 0 Å². The molecule has 0 spiro atoms. The van der Waals surface area contributed by atoms with Crippen molar-refractivity contribution < 1.29 is 4.39 Å². The average molecular weight is 419 g/mol. The monoisotopic (exact) mass is 417 g/mol. The first-order valence-corrected chi connectivity index (χ1v) is 8.45. The molecule has 0 aliphatic carbocycles.